The Morgan fingerprint density at radius 1 is 0.680 bits per heavy atom. The van der Waals surface area contributed by atoms with Crippen LogP contribution in [-0.2, 0) is 18.4 Å². The van der Waals surface area contributed by atoms with E-state index in [2.05, 4.69) is 92.1 Å². The zero-order chi connectivity index (χ0) is 36.8. The fraction of sp³-hybridized carbons (Fsp3) is 0.634. The smallest absolute Gasteiger partial charge is 0.387 e. The highest BCUT2D eigenvalue weighted by molar-refractivity contribution is 7.47. The van der Waals surface area contributed by atoms with Gasteiger partial charge in [-0.15, -0.1) is 0 Å². The number of unbranched alkanes of at least 4 members (excludes halogenated alkanes) is 10. The summed E-state index contributed by atoms with van der Waals surface area (Å²) in [6.07, 6.45) is 47.8. The molecule has 0 rings (SSSR count). The highest BCUT2D eigenvalue weighted by atomic mass is 31.2. The van der Waals surface area contributed by atoms with Gasteiger partial charge in [0.05, 0.1) is 25.4 Å². The number of hydrogen-bond acceptors (Lipinski definition) is 6. The van der Waals surface area contributed by atoms with Gasteiger partial charge in [-0.2, -0.15) is 0 Å². The number of phosphoric acid groups is 1. The van der Waals surface area contributed by atoms with E-state index in [1.54, 1.807) is 6.08 Å². The summed E-state index contributed by atoms with van der Waals surface area (Å²) in [5, 5.41) is 13.5. The van der Waals surface area contributed by atoms with Crippen LogP contribution in [0.15, 0.2) is 85.1 Å². The molecule has 0 aromatic rings. The molecule has 0 aliphatic rings. The molecule has 0 saturated heterocycles. The molecule has 0 aromatic heterocycles. The molecule has 0 saturated carbocycles. The van der Waals surface area contributed by atoms with Crippen molar-refractivity contribution in [3.63, 3.8) is 0 Å². The Bertz CT molecular complexity index is 1050. The molecular weight excluding hydrogens is 647 g/mol. The quantitative estimate of drug-likeness (QED) is 0.0296. The second-order valence-electron chi connectivity index (χ2n) is 12.4. The van der Waals surface area contributed by atoms with E-state index in [-0.39, 0.29) is 25.7 Å². The third-order valence-corrected chi connectivity index (χ3v) is 8.69. The van der Waals surface area contributed by atoms with E-state index < -0.39 is 20.0 Å². The molecule has 0 aromatic carbocycles. The molecule has 1 amide bonds. The summed E-state index contributed by atoms with van der Waals surface area (Å²) >= 11 is 0. The van der Waals surface area contributed by atoms with Crippen LogP contribution in [0.25, 0.3) is 0 Å². The average molecular weight is 719 g/mol. The molecule has 8 nitrogen and oxygen atoms in total. The third-order valence-electron chi connectivity index (χ3n) is 7.70. The molecule has 3 unspecified atom stereocenters. The number of carbonyl (C=O) groups excluding carboxylic acids is 1. The molecule has 0 bridgehead atoms. The van der Waals surface area contributed by atoms with E-state index in [9.17, 15) is 19.4 Å². The topological polar surface area (TPSA) is 131 Å². The molecule has 0 heterocycles. The molecular formula is C41H71N2O6P. The summed E-state index contributed by atoms with van der Waals surface area (Å²) in [5.74, 6) is -0.230. The molecule has 5 N–H and O–H groups in total. The minimum absolute atomic E-state index is 0.0655. The van der Waals surface area contributed by atoms with Crippen molar-refractivity contribution in [1.29, 1.82) is 0 Å². The number of aliphatic hydroxyl groups is 1. The van der Waals surface area contributed by atoms with E-state index in [0.29, 0.717) is 6.42 Å². The molecule has 0 spiro atoms. The molecule has 0 radical (unpaired) electrons. The number of phosphoric ester groups is 1. The zero-order valence-electron chi connectivity index (χ0n) is 31.3. The number of aliphatic hydroxyl groups excluding tert-OH is 1. The van der Waals surface area contributed by atoms with Gasteiger partial charge in [-0.1, -0.05) is 137 Å². The second kappa shape index (κ2) is 36.5. The molecule has 0 fully saturated rings. The van der Waals surface area contributed by atoms with Gasteiger partial charge in [-0.05, 0) is 77.0 Å². The van der Waals surface area contributed by atoms with Gasteiger partial charge in [0.2, 0.25) is 5.91 Å². The van der Waals surface area contributed by atoms with Gasteiger partial charge in [0.15, 0.2) is 0 Å². The Morgan fingerprint density at radius 3 is 1.78 bits per heavy atom. The average Bonchev–Trinajstić information content (AvgIpc) is 3.10. The van der Waals surface area contributed by atoms with Crippen LogP contribution in [0.5, 0.6) is 0 Å². The summed E-state index contributed by atoms with van der Waals surface area (Å²) < 4.78 is 22.0. The van der Waals surface area contributed by atoms with E-state index in [1.165, 1.54) is 25.7 Å². The van der Waals surface area contributed by atoms with Crippen molar-refractivity contribution < 1.29 is 28.4 Å². The molecule has 50 heavy (non-hydrogen) atoms. The third kappa shape index (κ3) is 34.1. The molecule has 0 aliphatic carbocycles. The monoisotopic (exact) mass is 719 g/mol. The normalized spacial score (nSPS) is 15.2. The number of amides is 1. The maximum Gasteiger partial charge on any atom is 0.472 e. The standard InChI is InChI=1S/C41H71N2O6P/c1-3-5-7-9-11-13-15-16-17-18-19-20-21-22-23-24-25-27-29-31-33-35-41(45)43-39(38-49-50(46,47)48-37-36-42)40(44)34-32-30-28-26-14-12-10-8-6-4-2/h5,7,11,13-14,16-17,19-20,22-23,26,32,34,39-40,44H,3-4,6,8-10,12,15,18,21,24-25,27-31,33,35-38,42H2,1-2H3,(H,43,45)(H,46,47)/b7-5-,13-11-,17-16-,20-19-,23-22-,26-14+,34-32+. The Kier molecular flexibility index (Phi) is 34.8. The van der Waals surface area contributed by atoms with E-state index in [1.807, 2.05) is 6.08 Å². The number of rotatable bonds is 34. The van der Waals surface area contributed by atoms with Crippen molar-refractivity contribution in [2.24, 2.45) is 5.73 Å². The summed E-state index contributed by atoms with van der Waals surface area (Å²) in [4.78, 5) is 22.6. The number of nitrogens with one attached hydrogen (secondary N) is 1. The van der Waals surface area contributed by atoms with Crippen molar-refractivity contribution in [3.05, 3.63) is 85.1 Å². The van der Waals surface area contributed by atoms with Crippen LogP contribution >= 0.6 is 7.82 Å². The lowest BCUT2D eigenvalue weighted by molar-refractivity contribution is -0.123. The van der Waals surface area contributed by atoms with E-state index >= 15 is 0 Å². The van der Waals surface area contributed by atoms with Gasteiger partial charge in [0.1, 0.15) is 0 Å². The predicted molar refractivity (Wildman–Crippen MR) is 212 cm³/mol. The van der Waals surface area contributed by atoms with Crippen LogP contribution < -0.4 is 11.1 Å². The lowest BCUT2D eigenvalue weighted by Crippen LogP contribution is -2.45. The van der Waals surface area contributed by atoms with Crippen LogP contribution in [-0.4, -0.2) is 47.8 Å². The summed E-state index contributed by atoms with van der Waals surface area (Å²) in [5.41, 5.74) is 5.34. The first-order valence-electron chi connectivity index (χ1n) is 19.2. The van der Waals surface area contributed by atoms with E-state index in [0.717, 1.165) is 89.9 Å². The van der Waals surface area contributed by atoms with Gasteiger partial charge < -0.3 is 21.1 Å². The van der Waals surface area contributed by atoms with Gasteiger partial charge in [-0.25, -0.2) is 4.57 Å². The highest BCUT2D eigenvalue weighted by Gasteiger charge is 2.26. The first-order chi connectivity index (χ1) is 24.4. The zero-order valence-corrected chi connectivity index (χ0v) is 32.2. The Hall–Kier alpha value is -2.32. The fourth-order valence-corrected chi connectivity index (χ4v) is 5.58. The van der Waals surface area contributed by atoms with Gasteiger partial charge in [0, 0.05) is 13.0 Å². The van der Waals surface area contributed by atoms with Crippen molar-refractivity contribution in [3.8, 4) is 0 Å². The Balaban J connectivity index is 4.32. The summed E-state index contributed by atoms with van der Waals surface area (Å²) in [6.45, 7) is 3.91. The predicted octanol–water partition coefficient (Wildman–Crippen LogP) is 10.3. The summed E-state index contributed by atoms with van der Waals surface area (Å²) in [6, 6.07) is -0.890. The minimum Gasteiger partial charge on any atom is -0.387 e. The molecule has 0 aliphatic heterocycles. The first-order valence-corrected chi connectivity index (χ1v) is 20.7. The van der Waals surface area contributed by atoms with Crippen LogP contribution in [0.4, 0.5) is 0 Å². The van der Waals surface area contributed by atoms with Crippen molar-refractivity contribution in [1.82, 2.24) is 5.32 Å². The molecule has 9 heteroatoms. The molecule has 286 valence electrons. The van der Waals surface area contributed by atoms with Crippen molar-refractivity contribution in [2.45, 2.75) is 148 Å². The minimum atomic E-state index is -4.35. The van der Waals surface area contributed by atoms with Crippen LogP contribution in [0.3, 0.4) is 0 Å². The number of allylic oxidation sites excluding steroid dienone is 13. The first kappa shape index (κ1) is 47.7. The Labute approximate surface area is 305 Å². The Morgan fingerprint density at radius 2 is 1.18 bits per heavy atom. The lowest BCUT2D eigenvalue weighted by Gasteiger charge is -2.23. The number of hydrogen-bond donors (Lipinski definition) is 4. The van der Waals surface area contributed by atoms with Crippen LogP contribution in [0, 0.1) is 0 Å². The summed E-state index contributed by atoms with van der Waals surface area (Å²) in [7, 11) is -4.35. The maximum atomic E-state index is 12.7. The van der Waals surface area contributed by atoms with Gasteiger partial charge in [-0.3, -0.25) is 13.8 Å². The number of nitrogens with two attached hydrogens (primary N) is 1. The van der Waals surface area contributed by atoms with Gasteiger partial charge >= 0.3 is 7.82 Å². The second-order valence-corrected chi connectivity index (χ2v) is 13.8. The highest BCUT2D eigenvalue weighted by Crippen LogP contribution is 2.43. The van der Waals surface area contributed by atoms with Gasteiger partial charge in [0.25, 0.3) is 0 Å². The lowest BCUT2D eigenvalue weighted by atomic mass is 10.1. The molecule has 3 atom stereocenters. The van der Waals surface area contributed by atoms with Crippen LogP contribution in [0.2, 0.25) is 0 Å². The van der Waals surface area contributed by atoms with E-state index in [4.69, 9.17) is 14.8 Å². The maximum absolute atomic E-state index is 12.7. The van der Waals surface area contributed by atoms with Crippen molar-refractivity contribution >= 4 is 13.7 Å². The SMILES string of the molecule is CC/C=C\C/C=C\C/C=C\C/C=C\C/C=C\CCCCCCCC(=O)NC(COP(=O)(O)OCCN)C(O)/C=C/CC/C=C/CCCCCC. The van der Waals surface area contributed by atoms with Crippen molar-refractivity contribution in [2.75, 3.05) is 19.8 Å². The van der Waals surface area contributed by atoms with Crippen LogP contribution in [0.1, 0.15) is 136 Å². The largest absolute Gasteiger partial charge is 0.472 e. The number of carbonyl (C=O) groups is 1. The fourth-order valence-electron chi connectivity index (χ4n) is 4.82.